The molecule has 0 unspecified atom stereocenters. The van der Waals surface area contributed by atoms with E-state index in [1.165, 1.54) is 0 Å². The molecule has 1 saturated heterocycles. The molecule has 6 nitrogen and oxygen atoms in total. The topological polar surface area (TPSA) is 56.0 Å². The molecular formula is C16H22ClN5O. The molecule has 0 aliphatic carbocycles. The molecule has 3 heterocycles. The summed E-state index contributed by atoms with van der Waals surface area (Å²) in [4.78, 5) is 15.0. The molecule has 1 aliphatic heterocycles. The summed E-state index contributed by atoms with van der Waals surface area (Å²) in [7, 11) is 1.83. The van der Waals surface area contributed by atoms with Crippen LogP contribution < -0.4 is 0 Å². The molecule has 124 valence electrons. The molecule has 3 rings (SSSR count). The van der Waals surface area contributed by atoms with Gasteiger partial charge in [0.05, 0.1) is 17.4 Å². The molecule has 2 aromatic rings. The average Bonchev–Trinajstić information content (AvgIpc) is 3.18. The van der Waals surface area contributed by atoms with E-state index in [0.717, 1.165) is 36.3 Å². The number of hydrogen-bond donors (Lipinski definition) is 0. The summed E-state index contributed by atoms with van der Waals surface area (Å²) in [6.45, 7) is 7.27. The molecule has 0 bridgehead atoms. The Morgan fingerprint density at radius 1 is 1.39 bits per heavy atom. The van der Waals surface area contributed by atoms with E-state index in [0.29, 0.717) is 17.4 Å². The third kappa shape index (κ3) is 2.65. The second kappa shape index (κ2) is 6.00. The maximum atomic E-state index is 13.0. The minimum atomic E-state index is -0.00999. The first kappa shape index (κ1) is 16.1. The van der Waals surface area contributed by atoms with E-state index in [4.69, 9.17) is 11.6 Å². The SMILES string of the molecule is CCn1nc(C)cc1C(=O)N1CCC[C@@H]1c1c(C)nn(C)c1Cl. The Morgan fingerprint density at radius 3 is 2.74 bits per heavy atom. The molecule has 0 radical (unpaired) electrons. The first-order valence-electron chi connectivity index (χ1n) is 7.98. The van der Waals surface area contributed by atoms with Gasteiger partial charge in [0.15, 0.2) is 0 Å². The number of halogens is 1. The van der Waals surface area contributed by atoms with Gasteiger partial charge in [0, 0.05) is 25.7 Å². The molecule has 1 atom stereocenters. The van der Waals surface area contributed by atoms with Crippen LogP contribution in [0.4, 0.5) is 0 Å². The standard InChI is InChI=1S/C16H22ClN5O/c1-5-22-13(9-10(2)18-22)16(23)21-8-6-7-12(21)14-11(3)19-20(4)15(14)17/h9,12H,5-8H2,1-4H3/t12-/m1/s1. The van der Waals surface area contributed by atoms with Crippen LogP contribution in [0.5, 0.6) is 0 Å². The highest BCUT2D eigenvalue weighted by Crippen LogP contribution is 2.38. The number of likely N-dealkylation sites (tertiary alicyclic amines) is 1. The van der Waals surface area contributed by atoms with Crippen LogP contribution in [-0.4, -0.2) is 36.9 Å². The van der Waals surface area contributed by atoms with Gasteiger partial charge in [0.1, 0.15) is 10.8 Å². The van der Waals surface area contributed by atoms with Gasteiger partial charge in [-0.1, -0.05) is 11.6 Å². The Labute approximate surface area is 141 Å². The zero-order valence-electron chi connectivity index (χ0n) is 14.0. The molecule has 23 heavy (non-hydrogen) atoms. The van der Waals surface area contributed by atoms with Gasteiger partial charge >= 0.3 is 0 Å². The summed E-state index contributed by atoms with van der Waals surface area (Å²) >= 11 is 6.42. The fourth-order valence-corrected chi connectivity index (χ4v) is 3.74. The third-order valence-electron chi connectivity index (χ3n) is 4.46. The highest BCUT2D eigenvalue weighted by atomic mass is 35.5. The summed E-state index contributed by atoms with van der Waals surface area (Å²) in [6.07, 6.45) is 1.89. The molecule has 0 spiro atoms. The van der Waals surface area contributed by atoms with Crippen molar-refractivity contribution >= 4 is 17.5 Å². The predicted molar refractivity (Wildman–Crippen MR) is 88.6 cm³/mol. The summed E-state index contributed by atoms with van der Waals surface area (Å²) in [5, 5.41) is 9.39. The smallest absolute Gasteiger partial charge is 0.272 e. The molecule has 0 N–H and O–H groups in total. The van der Waals surface area contributed by atoms with Gasteiger partial charge in [-0.25, -0.2) is 0 Å². The minimum Gasteiger partial charge on any atom is -0.330 e. The van der Waals surface area contributed by atoms with E-state index < -0.39 is 0 Å². The van der Waals surface area contributed by atoms with E-state index in [1.807, 2.05) is 38.8 Å². The van der Waals surface area contributed by atoms with Gasteiger partial charge < -0.3 is 4.90 Å². The molecule has 0 aromatic carbocycles. The predicted octanol–water partition coefficient (Wildman–Crippen LogP) is 2.88. The normalized spacial score (nSPS) is 18.0. The first-order chi connectivity index (χ1) is 10.9. The van der Waals surface area contributed by atoms with Crippen molar-refractivity contribution in [1.82, 2.24) is 24.5 Å². The zero-order chi connectivity index (χ0) is 16.7. The number of hydrogen-bond acceptors (Lipinski definition) is 3. The lowest BCUT2D eigenvalue weighted by molar-refractivity contribution is 0.0723. The lowest BCUT2D eigenvalue weighted by Gasteiger charge is -2.25. The van der Waals surface area contributed by atoms with Gasteiger partial charge in [-0.3, -0.25) is 14.2 Å². The van der Waals surface area contributed by atoms with Crippen molar-refractivity contribution in [2.24, 2.45) is 7.05 Å². The second-order valence-corrected chi connectivity index (χ2v) is 6.41. The Hall–Kier alpha value is -1.82. The van der Waals surface area contributed by atoms with Gasteiger partial charge in [-0.05, 0) is 39.7 Å². The number of carbonyl (C=O) groups excluding carboxylic acids is 1. The second-order valence-electron chi connectivity index (χ2n) is 6.06. The molecule has 2 aromatic heterocycles. The van der Waals surface area contributed by atoms with E-state index in [1.54, 1.807) is 9.36 Å². The van der Waals surface area contributed by atoms with Crippen molar-refractivity contribution in [3.63, 3.8) is 0 Å². The highest BCUT2D eigenvalue weighted by Gasteiger charge is 2.35. The maximum absolute atomic E-state index is 13.0. The molecule has 7 heteroatoms. The number of aromatic nitrogens is 4. The molecular weight excluding hydrogens is 314 g/mol. The maximum Gasteiger partial charge on any atom is 0.272 e. The molecule has 1 fully saturated rings. The molecule has 1 aliphatic rings. The largest absolute Gasteiger partial charge is 0.330 e. The van der Waals surface area contributed by atoms with E-state index in [9.17, 15) is 4.79 Å². The number of aryl methyl sites for hydroxylation is 4. The van der Waals surface area contributed by atoms with Crippen molar-refractivity contribution in [3.8, 4) is 0 Å². The Balaban J connectivity index is 1.97. The van der Waals surface area contributed by atoms with Crippen LogP contribution in [0, 0.1) is 13.8 Å². The number of nitrogens with zero attached hydrogens (tertiary/aromatic N) is 5. The average molecular weight is 336 g/mol. The van der Waals surface area contributed by atoms with Crippen molar-refractivity contribution < 1.29 is 4.79 Å². The fourth-order valence-electron chi connectivity index (χ4n) is 3.44. The molecule has 1 amide bonds. The number of amides is 1. The minimum absolute atomic E-state index is 0.00999. The van der Waals surface area contributed by atoms with Crippen molar-refractivity contribution in [3.05, 3.63) is 33.9 Å². The Morgan fingerprint density at radius 2 is 2.13 bits per heavy atom. The van der Waals surface area contributed by atoms with E-state index in [-0.39, 0.29) is 11.9 Å². The summed E-state index contributed by atoms with van der Waals surface area (Å²) in [5.74, 6) is 0.0225. The third-order valence-corrected chi connectivity index (χ3v) is 4.91. The summed E-state index contributed by atoms with van der Waals surface area (Å²) < 4.78 is 3.44. The first-order valence-corrected chi connectivity index (χ1v) is 8.36. The van der Waals surface area contributed by atoms with Gasteiger partial charge in [-0.2, -0.15) is 10.2 Å². The van der Waals surface area contributed by atoms with Gasteiger partial charge in [0.25, 0.3) is 5.91 Å². The van der Waals surface area contributed by atoms with Crippen molar-refractivity contribution in [2.75, 3.05) is 6.54 Å². The molecule has 0 saturated carbocycles. The van der Waals surface area contributed by atoms with Crippen LogP contribution in [-0.2, 0) is 13.6 Å². The van der Waals surface area contributed by atoms with Crippen molar-refractivity contribution in [1.29, 1.82) is 0 Å². The van der Waals surface area contributed by atoms with E-state index >= 15 is 0 Å². The van der Waals surface area contributed by atoms with Gasteiger partial charge in [-0.15, -0.1) is 0 Å². The van der Waals surface area contributed by atoms with Crippen LogP contribution in [0.1, 0.15) is 53.2 Å². The lowest BCUT2D eigenvalue weighted by atomic mass is 10.1. The lowest BCUT2D eigenvalue weighted by Crippen LogP contribution is -2.32. The summed E-state index contributed by atoms with van der Waals surface area (Å²) in [6, 6.07) is 1.85. The highest BCUT2D eigenvalue weighted by molar-refractivity contribution is 6.30. The van der Waals surface area contributed by atoms with Crippen LogP contribution in [0.25, 0.3) is 0 Å². The van der Waals surface area contributed by atoms with Gasteiger partial charge in [0.2, 0.25) is 0 Å². The fraction of sp³-hybridized carbons (Fsp3) is 0.562. The Kier molecular flexibility index (Phi) is 4.19. The van der Waals surface area contributed by atoms with Crippen LogP contribution in [0.2, 0.25) is 5.15 Å². The Bertz CT molecular complexity index is 748. The quantitative estimate of drug-likeness (QED) is 0.866. The van der Waals surface area contributed by atoms with Crippen LogP contribution in [0.15, 0.2) is 6.07 Å². The van der Waals surface area contributed by atoms with Crippen LogP contribution >= 0.6 is 11.6 Å². The number of rotatable bonds is 3. The van der Waals surface area contributed by atoms with E-state index in [2.05, 4.69) is 10.2 Å². The number of carbonyl (C=O) groups is 1. The van der Waals surface area contributed by atoms with Crippen molar-refractivity contribution in [2.45, 2.75) is 46.2 Å². The van der Waals surface area contributed by atoms with Crippen LogP contribution in [0.3, 0.4) is 0 Å². The monoisotopic (exact) mass is 335 g/mol. The summed E-state index contributed by atoms with van der Waals surface area (Å²) in [5.41, 5.74) is 3.37. The zero-order valence-corrected chi connectivity index (χ0v) is 14.8.